The molecule has 0 bridgehead atoms. The largest absolute Gasteiger partial charge is 0.514 e. The Bertz CT molecular complexity index is 1860. The highest BCUT2D eigenvalue weighted by molar-refractivity contribution is 5.90. The number of benzene rings is 1. The molecule has 1 aromatic carbocycles. The molecule has 0 spiro atoms. The molecule has 47 heavy (non-hydrogen) atoms. The van der Waals surface area contributed by atoms with Crippen molar-refractivity contribution >= 4 is 29.2 Å². The molecule has 0 aliphatic carbocycles. The van der Waals surface area contributed by atoms with Crippen molar-refractivity contribution < 1.29 is 42.8 Å². The number of hydrogen-bond acceptors (Lipinski definition) is 12. The Morgan fingerprint density at radius 1 is 1.11 bits per heavy atom. The lowest BCUT2D eigenvalue weighted by Gasteiger charge is -2.35. The predicted octanol–water partition coefficient (Wildman–Crippen LogP) is 5.44. The fraction of sp³-hybridized carbons (Fsp3) is 0.469. The van der Waals surface area contributed by atoms with Gasteiger partial charge in [0.25, 0.3) is 5.56 Å². The molecule has 0 radical (unpaired) electrons. The van der Waals surface area contributed by atoms with Crippen LogP contribution in [0.25, 0.3) is 32.7 Å². The Morgan fingerprint density at radius 2 is 1.89 bits per heavy atom. The van der Waals surface area contributed by atoms with Crippen molar-refractivity contribution in [3.05, 3.63) is 67.3 Å². The molecule has 2 aliphatic heterocycles. The van der Waals surface area contributed by atoms with Gasteiger partial charge in [0.05, 0.1) is 42.2 Å². The van der Waals surface area contributed by atoms with Gasteiger partial charge in [0.1, 0.15) is 24.6 Å². The van der Waals surface area contributed by atoms with Gasteiger partial charge < -0.3 is 33.0 Å². The van der Waals surface area contributed by atoms with Crippen LogP contribution < -0.4 is 10.3 Å². The summed E-state index contributed by atoms with van der Waals surface area (Å²) in [5, 5.41) is 4.10. The molecule has 0 saturated heterocycles. The van der Waals surface area contributed by atoms with Gasteiger partial charge in [-0.2, -0.15) is 0 Å². The van der Waals surface area contributed by atoms with Crippen LogP contribution in [0.4, 0.5) is 9.59 Å². The highest BCUT2D eigenvalue weighted by Crippen LogP contribution is 2.42. The molecule has 0 unspecified atom stereocenters. The minimum Gasteiger partial charge on any atom is -0.457 e. The number of cyclic esters (lactones) is 1. The molecule has 248 valence electrons. The topological polar surface area (TPSA) is 190 Å². The van der Waals surface area contributed by atoms with Crippen LogP contribution in [0.5, 0.6) is 5.75 Å². The second kappa shape index (κ2) is 13.3. The van der Waals surface area contributed by atoms with Crippen molar-refractivity contribution in [3.63, 3.8) is 0 Å². The molecule has 0 fully saturated rings. The van der Waals surface area contributed by atoms with Gasteiger partial charge in [0, 0.05) is 28.0 Å². The van der Waals surface area contributed by atoms with Crippen molar-refractivity contribution in [2.75, 3.05) is 26.4 Å². The number of aryl methyl sites for hydroxylation is 1. The Labute approximate surface area is 269 Å². The molecule has 15 nitrogen and oxygen atoms in total. The van der Waals surface area contributed by atoms with E-state index < -0.39 is 35.0 Å². The standard InChI is InChI=1S/C32H35N5O10/c1-6-19-20-14-18(45-30(41)46-31(3,4)5)8-9-24(20)35-26-21(19)16-37-25(26)15-23-22(27(37)38)17-44-28(39)32(23,7-2)47-29(40)43-13-12-42-11-10-34-36-33/h8-9,14-15H,6-7,10-13,16-17H2,1-5H3/t32-/m0/s1. The number of azide groups is 1. The van der Waals surface area contributed by atoms with Crippen LogP contribution in [0.15, 0.2) is 34.2 Å². The molecule has 0 saturated carbocycles. The maximum absolute atomic E-state index is 13.9. The summed E-state index contributed by atoms with van der Waals surface area (Å²) in [6.45, 7) is 8.87. The van der Waals surface area contributed by atoms with E-state index in [0.717, 1.165) is 16.5 Å². The van der Waals surface area contributed by atoms with Crippen molar-refractivity contribution in [2.24, 2.45) is 5.11 Å². The Hall–Kier alpha value is -5.14. The first-order valence-electron chi connectivity index (χ1n) is 15.2. The molecule has 4 heterocycles. The molecule has 15 heteroatoms. The number of esters is 1. The molecule has 3 aromatic rings. The van der Waals surface area contributed by atoms with E-state index >= 15 is 0 Å². The van der Waals surface area contributed by atoms with Crippen molar-refractivity contribution in [2.45, 2.75) is 71.8 Å². The van der Waals surface area contributed by atoms with Gasteiger partial charge in [-0.25, -0.2) is 19.4 Å². The van der Waals surface area contributed by atoms with E-state index in [0.29, 0.717) is 29.1 Å². The zero-order valence-corrected chi connectivity index (χ0v) is 26.8. The lowest BCUT2D eigenvalue weighted by molar-refractivity contribution is -0.175. The highest BCUT2D eigenvalue weighted by atomic mass is 16.7. The fourth-order valence-electron chi connectivity index (χ4n) is 5.74. The van der Waals surface area contributed by atoms with Crippen LogP contribution in [0, 0.1) is 0 Å². The van der Waals surface area contributed by atoms with Crippen molar-refractivity contribution in [1.29, 1.82) is 0 Å². The third-order valence-electron chi connectivity index (χ3n) is 7.79. The van der Waals surface area contributed by atoms with Gasteiger partial charge in [-0.15, -0.1) is 0 Å². The molecule has 0 amide bonds. The highest BCUT2D eigenvalue weighted by Gasteiger charge is 2.51. The number of hydrogen-bond donors (Lipinski definition) is 0. The molecular formula is C32H35N5O10. The van der Waals surface area contributed by atoms with E-state index in [1.54, 1.807) is 56.5 Å². The molecule has 1 atom stereocenters. The quantitative estimate of drug-likeness (QED) is 0.0404. The smallest absolute Gasteiger partial charge is 0.457 e. The Balaban J connectivity index is 1.48. The minimum atomic E-state index is -1.93. The zero-order chi connectivity index (χ0) is 33.9. The summed E-state index contributed by atoms with van der Waals surface area (Å²) in [4.78, 5) is 59.8. The third kappa shape index (κ3) is 6.58. The number of aromatic nitrogens is 2. The van der Waals surface area contributed by atoms with Gasteiger partial charge in [-0.1, -0.05) is 19.0 Å². The Kier molecular flexibility index (Phi) is 9.40. The van der Waals surface area contributed by atoms with Crippen LogP contribution in [0.2, 0.25) is 0 Å². The molecule has 5 rings (SSSR count). The second-order valence-electron chi connectivity index (χ2n) is 11.9. The van der Waals surface area contributed by atoms with Crippen LogP contribution >= 0.6 is 0 Å². The summed E-state index contributed by atoms with van der Waals surface area (Å²) in [5.41, 5.74) is 9.03. The van der Waals surface area contributed by atoms with Gasteiger partial charge in [0.2, 0.25) is 5.60 Å². The fourth-order valence-corrected chi connectivity index (χ4v) is 5.74. The van der Waals surface area contributed by atoms with Crippen LogP contribution in [0.3, 0.4) is 0 Å². The van der Waals surface area contributed by atoms with Crippen LogP contribution in [-0.2, 0) is 53.7 Å². The summed E-state index contributed by atoms with van der Waals surface area (Å²) in [6, 6.07) is 6.72. The number of ether oxygens (including phenoxy) is 6. The van der Waals surface area contributed by atoms with E-state index in [1.807, 2.05) is 6.92 Å². The van der Waals surface area contributed by atoms with Gasteiger partial charge in [0.15, 0.2) is 0 Å². The zero-order valence-electron chi connectivity index (χ0n) is 26.8. The van der Waals surface area contributed by atoms with Crippen LogP contribution in [0.1, 0.15) is 63.3 Å². The Morgan fingerprint density at radius 3 is 2.60 bits per heavy atom. The number of rotatable bonds is 10. The normalized spacial score (nSPS) is 16.3. The lowest BCUT2D eigenvalue weighted by Crippen LogP contribution is -2.47. The predicted molar refractivity (Wildman–Crippen MR) is 166 cm³/mol. The molecule has 0 N–H and O–H groups in total. The van der Waals surface area contributed by atoms with Crippen molar-refractivity contribution in [1.82, 2.24) is 9.55 Å². The second-order valence-corrected chi connectivity index (χ2v) is 11.9. The first-order valence-corrected chi connectivity index (χ1v) is 15.2. The first kappa shape index (κ1) is 33.2. The monoisotopic (exact) mass is 649 g/mol. The minimum absolute atomic E-state index is 0.00978. The first-order chi connectivity index (χ1) is 22.4. The SMILES string of the molecule is CCc1c2c(nc3ccc(OC(=O)OC(C)(C)C)cc13)-c1cc3c(c(=O)n1C2)COC(=O)[C@@]3(CC)OC(=O)OCCOCCN=[N+]=[N-]. The maximum Gasteiger partial charge on any atom is 0.514 e. The van der Waals surface area contributed by atoms with E-state index in [1.165, 1.54) is 0 Å². The average molecular weight is 650 g/mol. The summed E-state index contributed by atoms with van der Waals surface area (Å²) in [5.74, 6) is -0.533. The average Bonchev–Trinajstić information content (AvgIpc) is 3.38. The van der Waals surface area contributed by atoms with E-state index in [2.05, 4.69) is 10.0 Å². The summed E-state index contributed by atoms with van der Waals surface area (Å²) < 4.78 is 33.6. The summed E-state index contributed by atoms with van der Waals surface area (Å²) in [6.07, 6.45) is -1.41. The number of nitrogens with zero attached hydrogens (tertiary/aromatic N) is 5. The van der Waals surface area contributed by atoms with Gasteiger partial charge in [-0.3, -0.25) is 4.79 Å². The molecular weight excluding hydrogens is 614 g/mol. The summed E-state index contributed by atoms with van der Waals surface area (Å²) >= 11 is 0. The van der Waals surface area contributed by atoms with E-state index in [4.69, 9.17) is 38.9 Å². The third-order valence-corrected chi connectivity index (χ3v) is 7.79. The summed E-state index contributed by atoms with van der Waals surface area (Å²) in [7, 11) is 0. The van der Waals surface area contributed by atoms with Gasteiger partial charge >= 0.3 is 18.3 Å². The number of fused-ring (bicyclic) bond motifs is 5. The van der Waals surface area contributed by atoms with E-state index in [-0.39, 0.29) is 57.1 Å². The van der Waals surface area contributed by atoms with Gasteiger partial charge in [-0.05, 0) is 69.0 Å². The number of carbonyl (C=O) groups excluding carboxylic acids is 3. The number of carbonyl (C=O) groups is 3. The lowest BCUT2D eigenvalue weighted by atomic mass is 9.85. The molecule has 2 aromatic heterocycles. The maximum atomic E-state index is 13.9. The molecule has 2 aliphatic rings. The van der Waals surface area contributed by atoms with E-state index in [9.17, 15) is 19.2 Å². The van der Waals surface area contributed by atoms with Crippen molar-refractivity contribution in [3.8, 4) is 17.1 Å². The van der Waals surface area contributed by atoms with Crippen LogP contribution in [-0.4, -0.2) is 59.8 Å². The number of pyridine rings is 2.